The Morgan fingerprint density at radius 2 is 1.53 bits per heavy atom. The highest BCUT2D eigenvalue weighted by atomic mass is 14.5. The first-order valence-corrected chi connectivity index (χ1v) is 8.29. The first kappa shape index (κ1) is 17.1. The van der Waals surface area contributed by atoms with Gasteiger partial charge in [-0.05, 0) is 60.2 Å². The van der Waals surface area contributed by atoms with E-state index in [0.717, 1.165) is 23.7 Å². The quantitative estimate of drug-likeness (QED) is 0.532. The number of fused-ring (bicyclic) bond motifs is 1. The maximum atomic E-state index is 2.59. The topological polar surface area (TPSA) is 0 Å². The Labute approximate surface area is 122 Å². The highest BCUT2D eigenvalue weighted by Gasteiger charge is 2.49. The van der Waals surface area contributed by atoms with Crippen LogP contribution in [0, 0.1) is 34.5 Å². The van der Waals surface area contributed by atoms with Gasteiger partial charge in [-0.25, -0.2) is 0 Å². The largest absolute Gasteiger partial charge is 0.0776 e. The van der Waals surface area contributed by atoms with Crippen LogP contribution in [0.4, 0.5) is 0 Å². The van der Waals surface area contributed by atoms with E-state index in [-0.39, 0.29) is 7.43 Å². The van der Waals surface area contributed by atoms with E-state index < -0.39 is 0 Å². The third-order valence-electron chi connectivity index (χ3n) is 7.17. The minimum Gasteiger partial charge on any atom is -0.0776 e. The van der Waals surface area contributed by atoms with Gasteiger partial charge in [0.05, 0.1) is 0 Å². The van der Waals surface area contributed by atoms with Gasteiger partial charge in [0.2, 0.25) is 0 Å². The van der Waals surface area contributed by atoms with Crippen LogP contribution < -0.4 is 0 Å². The smallest absolute Gasteiger partial charge is 0.0272 e. The molecule has 2 aliphatic rings. The summed E-state index contributed by atoms with van der Waals surface area (Å²) >= 11 is 0. The summed E-state index contributed by atoms with van der Waals surface area (Å²) < 4.78 is 0. The average Bonchev–Trinajstić information content (AvgIpc) is 2.28. The van der Waals surface area contributed by atoms with E-state index in [1.54, 1.807) is 0 Å². The highest BCUT2D eigenvalue weighted by molar-refractivity contribution is 4.99. The summed E-state index contributed by atoms with van der Waals surface area (Å²) in [5.74, 6) is 3.74. The van der Waals surface area contributed by atoms with Crippen LogP contribution in [0.3, 0.4) is 0 Å². The van der Waals surface area contributed by atoms with E-state index >= 15 is 0 Å². The maximum absolute atomic E-state index is 2.59. The van der Waals surface area contributed by atoms with Crippen LogP contribution in [0.15, 0.2) is 0 Å². The van der Waals surface area contributed by atoms with Gasteiger partial charge >= 0.3 is 0 Å². The zero-order valence-electron chi connectivity index (χ0n) is 13.6. The summed E-state index contributed by atoms with van der Waals surface area (Å²) in [7, 11) is 0. The molecule has 0 aromatic carbocycles. The number of rotatable bonds is 2. The molecular weight excluding hydrogens is 228 g/mol. The van der Waals surface area contributed by atoms with Gasteiger partial charge in [0.25, 0.3) is 0 Å². The molecule has 0 bridgehead atoms. The van der Waals surface area contributed by atoms with Crippen LogP contribution >= 0.6 is 0 Å². The fourth-order valence-electron chi connectivity index (χ4n) is 4.91. The Kier molecular flexibility index (Phi) is 5.19. The molecule has 2 saturated carbocycles. The van der Waals surface area contributed by atoms with E-state index in [1.165, 1.54) is 38.5 Å². The van der Waals surface area contributed by atoms with Crippen LogP contribution in [-0.2, 0) is 0 Å². The second kappa shape index (κ2) is 5.78. The molecule has 0 saturated heterocycles. The van der Waals surface area contributed by atoms with E-state index in [9.17, 15) is 0 Å². The van der Waals surface area contributed by atoms with Crippen molar-refractivity contribution in [3.05, 3.63) is 0 Å². The average molecular weight is 267 g/mol. The summed E-state index contributed by atoms with van der Waals surface area (Å²) in [5, 5.41) is 0. The molecule has 0 spiro atoms. The molecule has 0 heteroatoms. The Morgan fingerprint density at radius 3 is 2.05 bits per heavy atom. The number of hydrogen-bond donors (Lipinski definition) is 0. The molecule has 114 valence electrons. The van der Waals surface area contributed by atoms with Crippen LogP contribution in [0.2, 0.25) is 0 Å². The standard InChI is InChI=1S/C18H34.CH4/c1-13(2)17(5)11-9-16-15(12-17)8-7-10-18(16,6)14(3)4;/h13-16H,7-12H2,1-6H3;1H4. The molecule has 4 atom stereocenters. The molecule has 0 aromatic heterocycles. The molecule has 0 heterocycles. The Balaban J connectivity index is 0.00000180. The summed E-state index contributed by atoms with van der Waals surface area (Å²) in [4.78, 5) is 0. The van der Waals surface area contributed by atoms with Crippen LogP contribution in [0.5, 0.6) is 0 Å². The first-order chi connectivity index (χ1) is 8.29. The van der Waals surface area contributed by atoms with E-state index in [0.29, 0.717) is 10.8 Å². The Bertz CT molecular complexity index is 290. The van der Waals surface area contributed by atoms with Gasteiger partial charge in [-0.3, -0.25) is 0 Å². The van der Waals surface area contributed by atoms with Crippen molar-refractivity contribution in [3.8, 4) is 0 Å². The van der Waals surface area contributed by atoms with Gasteiger partial charge < -0.3 is 0 Å². The molecule has 19 heavy (non-hydrogen) atoms. The molecule has 0 N–H and O–H groups in total. The predicted molar refractivity (Wildman–Crippen MR) is 87.3 cm³/mol. The molecule has 0 aliphatic heterocycles. The summed E-state index contributed by atoms with van der Waals surface area (Å²) in [5.41, 5.74) is 1.25. The van der Waals surface area contributed by atoms with Crippen molar-refractivity contribution in [2.75, 3.05) is 0 Å². The van der Waals surface area contributed by atoms with E-state index in [4.69, 9.17) is 0 Å². The number of hydrogen-bond acceptors (Lipinski definition) is 0. The molecule has 4 unspecified atom stereocenters. The normalized spacial score (nSPS) is 42.9. The van der Waals surface area contributed by atoms with Gasteiger partial charge in [0.1, 0.15) is 0 Å². The van der Waals surface area contributed by atoms with Crippen molar-refractivity contribution in [1.82, 2.24) is 0 Å². The van der Waals surface area contributed by atoms with E-state index in [2.05, 4.69) is 41.5 Å². The zero-order valence-corrected chi connectivity index (χ0v) is 13.6. The third-order valence-corrected chi connectivity index (χ3v) is 7.17. The van der Waals surface area contributed by atoms with Gasteiger partial charge in [-0.2, -0.15) is 0 Å². The monoisotopic (exact) mass is 266 g/mol. The lowest BCUT2D eigenvalue weighted by Gasteiger charge is -2.55. The Morgan fingerprint density at radius 1 is 0.895 bits per heavy atom. The van der Waals surface area contributed by atoms with Gasteiger partial charge in [-0.1, -0.05) is 61.8 Å². The first-order valence-electron chi connectivity index (χ1n) is 8.29. The fraction of sp³-hybridized carbons (Fsp3) is 1.00. The van der Waals surface area contributed by atoms with Gasteiger partial charge in [-0.15, -0.1) is 0 Å². The predicted octanol–water partition coefficient (Wildman–Crippen LogP) is 6.55. The van der Waals surface area contributed by atoms with Crippen LogP contribution in [0.25, 0.3) is 0 Å². The van der Waals surface area contributed by atoms with Crippen molar-refractivity contribution in [3.63, 3.8) is 0 Å². The zero-order chi connectivity index (χ0) is 13.6. The maximum Gasteiger partial charge on any atom is -0.0272 e. The van der Waals surface area contributed by atoms with Crippen molar-refractivity contribution >= 4 is 0 Å². The molecular formula is C19H38. The minimum absolute atomic E-state index is 0. The third kappa shape index (κ3) is 2.88. The van der Waals surface area contributed by atoms with Crippen molar-refractivity contribution in [2.24, 2.45) is 34.5 Å². The molecule has 2 rings (SSSR count). The van der Waals surface area contributed by atoms with Crippen molar-refractivity contribution in [2.45, 2.75) is 87.5 Å². The van der Waals surface area contributed by atoms with E-state index in [1.807, 2.05) is 0 Å². The summed E-state index contributed by atoms with van der Waals surface area (Å²) in [6.45, 7) is 14.9. The Hall–Kier alpha value is 0. The lowest BCUT2D eigenvalue weighted by molar-refractivity contribution is -0.0560. The highest BCUT2D eigenvalue weighted by Crippen LogP contribution is 2.58. The second-order valence-electron chi connectivity index (χ2n) is 8.47. The van der Waals surface area contributed by atoms with Gasteiger partial charge in [0.15, 0.2) is 0 Å². The van der Waals surface area contributed by atoms with Gasteiger partial charge in [0, 0.05) is 0 Å². The molecule has 0 radical (unpaired) electrons. The summed E-state index contributed by atoms with van der Waals surface area (Å²) in [6.07, 6.45) is 8.92. The minimum atomic E-state index is 0. The lowest BCUT2D eigenvalue weighted by atomic mass is 9.50. The molecule has 2 aliphatic carbocycles. The molecule has 2 fully saturated rings. The summed E-state index contributed by atoms with van der Waals surface area (Å²) in [6, 6.07) is 0. The van der Waals surface area contributed by atoms with Crippen molar-refractivity contribution in [1.29, 1.82) is 0 Å². The lowest BCUT2D eigenvalue weighted by Crippen LogP contribution is -2.46. The molecule has 0 amide bonds. The van der Waals surface area contributed by atoms with Crippen LogP contribution in [-0.4, -0.2) is 0 Å². The SMILES string of the molecule is C.CC(C)C1(C)CCC2C(CCCC2(C)C(C)C)C1. The van der Waals surface area contributed by atoms with Crippen LogP contribution in [0.1, 0.15) is 87.5 Å². The fourth-order valence-corrected chi connectivity index (χ4v) is 4.91. The second-order valence-corrected chi connectivity index (χ2v) is 8.47. The molecule has 0 nitrogen and oxygen atoms in total. The van der Waals surface area contributed by atoms with Crippen molar-refractivity contribution < 1.29 is 0 Å². The molecule has 0 aromatic rings.